The molecule has 1 N–H and O–H groups in total. The number of carbonyl (C=O) groups excluding carboxylic acids is 1. The van der Waals surface area contributed by atoms with E-state index in [1.165, 1.54) is 0 Å². The molecule has 0 aromatic carbocycles. The van der Waals surface area contributed by atoms with Crippen molar-refractivity contribution in [1.82, 2.24) is 0 Å². The quantitative estimate of drug-likeness (QED) is 0.784. The lowest BCUT2D eigenvalue weighted by Crippen LogP contribution is -2.38. The number of aliphatic hydroxyl groups is 1. The number of carbonyl (C=O) groups is 1. The summed E-state index contributed by atoms with van der Waals surface area (Å²) in [5.41, 5.74) is 0. The largest absolute Gasteiger partial charge is 0.432 e. The highest BCUT2D eigenvalue weighted by Gasteiger charge is 2.78. The molecule has 4 aliphatic rings. The Kier molecular flexibility index (Phi) is 2.24. The molecule has 3 heterocycles. The van der Waals surface area contributed by atoms with Crippen LogP contribution in [-0.2, 0) is 19.0 Å². The van der Waals surface area contributed by atoms with Crippen molar-refractivity contribution in [3.63, 3.8) is 0 Å². The van der Waals surface area contributed by atoms with Crippen LogP contribution in [0.5, 0.6) is 0 Å². The lowest BCUT2D eigenvalue weighted by Gasteiger charge is -2.30. The van der Waals surface area contributed by atoms with E-state index in [0.29, 0.717) is 6.42 Å². The molecule has 0 bridgehead atoms. The summed E-state index contributed by atoms with van der Waals surface area (Å²) in [6.45, 7) is 3.99. The lowest BCUT2D eigenvalue weighted by atomic mass is 9.81. The third kappa shape index (κ3) is 1.29. The third-order valence-electron chi connectivity index (χ3n) is 5.47. The van der Waals surface area contributed by atoms with E-state index in [1.54, 1.807) is 0 Å². The van der Waals surface area contributed by atoms with E-state index in [1.807, 2.05) is 6.92 Å². The van der Waals surface area contributed by atoms with Crippen LogP contribution in [0.25, 0.3) is 0 Å². The average molecular weight is 268 g/mol. The Morgan fingerprint density at radius 3 is 2.95 bits per heavy atom. The smallest absolute Gasteiger partial charge is 0.312 e. The van der Waals surface area contributed by atoms with Crippen LogP contribution in [0.15, 0.2) is 0 Å². The second kappa shape index (κ2) is 3.51. The number of ether oxygens (including phenoxy) is 3. The zero-order chi connectivity index (χ0) is 13.4. The second-order valence-corrected chi connectivity index (χ2v) is 6.52. The fourth-order valence-corrected chi connectivity index (χ4v) is 4.87. The van der Waals surface area contributed by atoms with Gasteiger partial charge in [-0.05, 0) is 19.8 Å². The van der Waals surface area contributed by atoms with Gasteiger partial charge < -0.3 is 19.3 Å². The van der Waals surface area contributed by atoms with Gasteiger partial charge in [0.2, 0.25) is 5.79 Å². The molecule has 0 amide bonds. The van der Waals surface area contributed by atoms with Crippen LogP contribution in [0.2, 0.25) is 0 Å². The SMILES string of the molecule is CCCC[C@]12OC(=O)[C@H]3C[C@@H]4[C@H]([C@H]31)[C@@](C)(O[C@H]4O)O2. The first-order valence-corrected chi connectivity index (χ1v) is 7.30. The third-order valence-corrected chi connectivity index (χ3v) is 5.47. The number of rotatable bonds is 3. The van der Waals surface area contributed by atoms with Crippen LogP contribution in [0, 0.1) is 23.7 Å². The number of aliphatic hydroxyl groups excluding tert-OH is 1. The molecule has 0 aromatic heterocycles. The molecule has 5 nitrogen and oxygen atoms in total. The van der Waals surface area contributed by atoms with Crippen molar-refractivity contribution in [2.24, 2.45) is 23.7 Å². The van der Waals surface area contributed by atoms with E-state index in [2.05, 4.69) is 6.92 Å². The van der Waals surface area contributed by atoms with E-state index >= 15 is 0 Å². The fourth-order valence-electron chi connectivity index (χ4n) is 4.87. The van der Waals surface area contributed by atoms with Gasteiger partial charge in [0, 0.05) is 24.2 Å². The van der Waals surface area contributed by atoms with E-state index < -0.39 is 17.9 Å². The molecule has 106 valence electrons. The topological polar surface area (TPSA) is 65.0 Å². The fraction of sp³-hybridized carbons (Fsp3) is 0.929. The Balaban J connectivity index is 1.75. The molecule has 3 saturated heterocycles. The summed E-state index contributed by atoms with van der Waals surface area (Å²) in [6, 6.07) is 0. The Hall–Kier alpha value is -0.650. The van der Waals surface area contributed by atoms with Crippen LogP contribution in [0.3, 0.4) is 0 Å². The van der Waals surface area contributed by atoms with Crippen LogP contribution in [0.1, 0.15) is 39.5 Å². The Morgan fingerprint density at radius 1 is 1.42 bits per heavy atom. The van der Waals surface area contributed by atoms with E-state index in [9.17, 15) is 9.90 Å². The molecule has 5 heteroatoms. The number of esters is 1. The summed E-state index contributed by atoms with van der Waals surface area (Å²) in [5, 5.41) is 10.0. The van der Waals surface area contributed by atoms with Crippen LogP contribution in [0.4, 0.5) is 0 Å². The van der Waals surface area contributed by atoms with Crippen molar-refractivity contribution in [3.05, 3.63) is 0 Å². The van der Waals surface area contributed by atoms with Crippen molar-refractivity contribution in [1.29, 1.82) is 0 Å². The van der Waals surface area contributed by atoms with E-state index in [-0.39, 0.29) is 29.6 Å². The Morgan fingerprint density at radius 2 is 2.21 bits per heavy atom. The average Bonchev–Trinajstić information content (AvgIpc) is 2.97. The maximum absolute atomic E-state index is 12.1. The Labute approximate surface area is 112 Å². The highest BCUT2D eigenvalue weighted by molar-refractivity contribution is 5.77. The van der Waals surface area contributed by atoms with Gasteiger partial charge in [-0.2, -0.15) is 0 Å². The normalized spacial score (nSPS) is 57.6. The summed E-state index contributed by atoms with van der Waals surface area (Å²) < 4.78 is 17.4. The van der Waals surface area contributed by atoms with E-state index in [0.717, 1.165) is 19.3 Å². The minimum absolute atomic E-state index is 0.0105. The lowest BCUT2D eigenvalue weighted by molar-refractivity contribution is -0.321. The molecule has 0 spiro atoms. The standard InChI is InChI=1S/C14H20O5/c1-3-4-5-14-10-8(12(16)18-14)6-7-9(10)13(2,19-14)17-11(7)15/h7-11,15H,3-6H2,1-2H3/t7-,8+,9-,10+,11-,13+,14-/m1/s1. The van der Waals surface area contributed by atoms with Gasteiger partial charge in [-0.3, -0.25) is 4.79 Å². The molecule has 1 saturated carbocycles. The van der Waals surface area contributed by atoms with Gasteiger partial charge in [0.1, 0.15) is 0 Å². The summed E-state index contributed by atoms with van der Waals surface area (Å²) >= 11 is 0. The van der Waals surface area contributed by atoms with Crippen LogP contribution < -0.4 is 0 Å². The summed E-state index contributed by atoms with van der Waals surface area (Å²) in [5.74, 6) is -1.72. The molecular weight excluding hydrogens is 248 g/mol. The van der Waals surface area contributed by atoms with Crippen molar-refractivity contribution in [2.75, 3.05) is 0 Å². The molecule has 4 fully saturated rings. The Bertz CT molecular complexity index is 438. The summed E-state index contributed by atoms with van der Waals surface area (Å²) in [6.07, 6.45) is 2.59. The first-order valence-electron chi connectivity index (χ1n) is 7.30. The zero-order valence-corrected chi connectivity index (χ0v) is 11.3. The molecular formula is C14H20O5. The highest BCUT2D eigenvalue weighted by Crippen LogP contribution is 2.68. The highest BCUT2D eigenvalue weighted by atomic mass is 16.8. The zero-order valence-electron chi connectivity index (χ0n) is 11.3. The van der Waals surface area contributed by atoms with Gasteiger partial charge in [-0.1, -0.05) is 13.3 Å². The van der Waals surface area contributed by atoms with Crippen molar-refractivity contribution in [3.8, 4) is 0 Å². The predicted molar refractivity (Wildman–Crippen MR) is 63.5 cm³/mol. The van der Waals surface area contributed by atoms with Crippen LogP contribution >= 0.6 is 0 Å². The minimum atomic E-state index is -0.808. The second-order valence-electron chi connectivity index (χ2n) is 6.52. The molecule has 0 unspecified atom stereocenters. The van der Waals surface area contributed by atoms with Gasteiger partial charge in [0.05, 0.1) is 5.92 Å². The molecule has 4 rings (SSSR count). The van der Waals surface area contributed by atoms with Crippen molar-refractivity contribution >= 4 is 5.97 Å². The maximum atomic E-state index is 12.1. The minimum Gasteiger partial charge on any atom is -0.432 e. The molecule has 3 aliphatic heterocycles. The van der Waals surface area contributed by atoms with Crippen LogP contribution in [-0.4, -0.2) is 28.9 Å². The summed E-state index contributed by atoms with van der Waals surface area (Å²) in [7, 11) is 0. The first kappa shape index (κ1) is 12.1. The van der Waals surface area contributed by atoms with Crippen molar-refractivity contribution in [2.45, 2.75) is 57.4 Å². The maximum Gasteiger partial charge on any atom is 0.312 e. The number of hydrogen-bond donors (Lipinski definition) is 1. The van der Waals surface area contributed by atoms with E-state index in [4.69, 9.17) is 14.2 Å². The number of hydrogen-bond acceptors (Lipinski definition) is 5. The van der Waals surface area contributed by atoms with Gasteiger partial charge in [-0.15, -0.1) is 0 Å². The first-order chi connectivity index (χ1) is 9.01. The van der Waals surface area contributed by atoms with Gasteiger partial charge in [-0.25, -0.2) is 0 Å². The molecule has 1 aliphatic carbocycles. The number of unbranched alkanes of at least 4 members (excludes halogenated alkanes) is 1. The van der Waals surface area contributed by atoms with Gasteiger partial charge in [0.25, 0.3) is 0 Å². The summed E-state index contributed by atoms with van der Waals surface area (Å²) in [4.78, 5) is 12.1. The van der Waals surface area contributed by atoms with Gasteiger partial charge in [0.15, 0.2) is 12.1 Å². The molecule has 19 heavy (non-hydrogen) atoms. The van der Waals surface area contributed by atoms with Crippen molar-refractivity contribution < 1.29 is 24.1 Å². The molecule has 0 radical (unpaired) electrons. The van der Waals surface area contributed by atoms with Gasteiger partial charge >= 0.3 is 5.97 Å². The predicted octanol–water partition coefficient (Wildman–Crippen LogP) is 1.39. The monoisotopic (exact) mass is 268 g/mol. The molecule has 7 atom stereocenters. The molecule has 0 aromatic rings.